The summed E-state index contributed by atoms with van der Waals surface area (Å²) >= 11 is 0. The molecular formula is C21H27N3O5S. The average molecular weight is 434 g/mol. The van der Waals surface area contributed by atoms with Gasteiger partial charge in [-0.05, 0) is 48.2 Å². The standard InChI is InChI=1S/C21H27N3O5S/c1-13(2)20(16-6-9-18-19(12-16)29-11-10-28-18)24-21(25)23-14(3)15-4-7-17(8-5-15)30(22,26)27/h4-9,12-14,20H,10-11H2,1-3H3,(H2,22,26,27)(H2,23,24,25)/t14-,20+/m1/s1. The molecule has 3 rings (SSSR count). The number of benzene rings is 2. The van der Waals surface area contributed by atoms with Crippen LogP contribution in [0.4, 0.5) is 4.79 Å². The highest BCUT2D eigenvalue weighted by molar-refractivity contribution is 7.89. The van der Waals surface area contributed by atoms with Crippen molar-refractivity contribution in [2.75, 3.05) is 13.2 Å². The van der Waals surface area contributed by atoms with Gasteiger partial charge < -0.3 is 20.1 Å². The fraction of sp³-hybridized carbons (Fsp3) is 0.381. The molecule has 9 heteroatoms. The largest absolute Gasteiger partial charge is 0.486 e. The number of carbonyl (C=O) groups excluding carboxylic acids is 1. The quantitative estimate of drug-likeness (QED) is 0.647. The second-order valence-electron chi connectivity index (χ2n) is 7.58. The maximum atomic E-state index is 12.6. The third-order valence-corrected chi connectivity index (χ3v) is 5.86. The van der Waals surface area contributed by atoms with Crippen LogP contribution in [0.2, 0.25) is 0 Å². The Morgan fingerprint density at radius 2 is 1.53 bits per heavy atom. The second kappa shape index (κ2) is 8.93. The molecule has 0 saturated heterocycles. The smallest absolute Gasteiger partial charge is 0.315 e. The Morgan fingerprint density at radius 3 is 2.13 bits per heavy atom. The van der Waals surface area contributed by atoms with Gasteiger partial charge in [0.05, 0.1) is 17.0 Å². The summed E-state index contributed by atoms with van der Waals surface area (Å²) in [4.78, 5) is 12.7. The summed E-state index contributed by atoms with van der Waals surface area (Å²) in [5.41, 5.74) is 1.69. The topological polar surface area (TPSA) is 120 Å². The highest BCUT2D eigenvalue weighted by Crippen LogP contribution is 2.34. The van der Waals surface area contributed by atoms with Gasteiger partial charge in [0.25, 0.3) is 0 Å². The molecule has 2 amide bonds. The number of ether oxygens (including phenoxy) is 2. The number of urea groups is 1. The fourth-order valence-corrected chi connectivity index (χ4v) is 3.81. The molecular weight excluding hydrogens is 406 g/mol. The van der Waals surface area contributed by atoms with Gasteiger partial charge in [-0.3, -0.25) is 0 Å². The van der Waals surface area contributed by atoms with E-state index in [0.717, 1.165) is 11.1 Å². The van der Waals surface area contributed by atoms with E-state index in [4.69, 9.17) is 14.6 Å². The maximum Gasteiger partial charge on any atom is 0.315 e. The van der Waals surface area contributed by atoms with Crippen LogP contribution in [0.3, 0.4) is 0 Å². The summed E-state index contributed by atoms with van der Waals surface area (Å²) in [7, 11) is -3.75. The van der Waals surface area contributed by atoms with E-state index in [1.54, 1.807) is 12.1 Å². The van der Waals surface area contributed by atoms with Crippen molar-refractivity contribution in [2.24, 2.45) is 11.1 Å². The van der Waals surface area contributed by atoms with E-state index in [-0.39, 0.29) is 28.9 Å². The Labute approximate surface area is 176 Å². The molecule has 162 valence electrons. The lowest BCUT2D eigenvalue weighted by Gasteiger charge is -2.26. The Morgan fingerprint density at radius 1 is 0.933 bits per heavy atom. The zero-order valence-corrected chi connectivity index (χ0v) is 18.0. The number of nitrogens with two attached hydrogens (primary N) is 1. The molecule has 4 N–H and O–H groups in total. The predicted octanol–water partition coefficient (Wildman–Crippen LogP) is 2.86. The number of nitrogens with one attached hydrogen (secondary N) is 2. The van der Waals surface area contributed by atoms with Crippen LogP contribution in [0.25, 0.3) is 0 Å². The zero-order valence-electron chi connectivity index (χ0n) is 17.2. The van der Waals surface area contributed by atoms with Crippen LogP contribution in [0.15, 0.2) is 47.4 Å². The first-order chi connectivity index (χ1) is 14.1. The second-order valence-corrected chi connectivity index (χ2v) is 9.14. The Hall–Kier alpha value is -2.78. The lowest BCUT2D eigenvalue weighted by Crippen LogP contribution is -2.40. The van der Waals surface area contributed by atoms with E-state index < -0.39 is 10.0 Å². The van der Waals surface area contributed by atoms with Gasteiger partial charge in [-0.2, -0.15) is 0 Å². The van der Waals surface area contributed by atoms with E-state index >= 15 is 0 Å². The number of amides is 2. The molecule has 8 nitrogen and oxygen atoms in total. The monoisotopic (exact) mass is 433 g/mol. The Kier molecular flexibility index (Phi) is 6.52. The molecule has 2 aromatic rings. The van der Waals surface area contributed by atoms with Crippen molar-refractivity contribution in [3.63, 3.8) is 0 Å². The van der Waals surface area contributed by atoms with Gasteiger partial charge in [0.1, 0.15) is 13.2 Å². The van der Waals surface area contributed by atoms with Crippen LogP contribution in [-0.2, 0) is 10.0 Å². The minimum atomic E-state index is -3.75. The molecule has 30 heavy (non-hydrogen) atoms. The first-order valence-corrected chi connectivity index (χ1v) is 11.3. The van der Waals surface area contributed by atoms with Crippen molar-refractivity contribution >= 4 is 16.1 Å². The summed E-state index contributed by atoms with van der Waals surface area (Å²) in [6.45, 7) is 6.89. The molecule has 1 heterocycles. The normalized spacial score (nSPS) is 15.4. The summed E-state index contributed by atoms with van der Waals surface area (Å²) < 4.78 is 34.0. The van der Waals surface area contributed by atoms with E-state index in [0.29, 0.717) is 24.7 Å². The van der Waals surface area contributed by atoms with Crippen LogP contribution in [0.1, 0.15) is 44.0 Å². The van der Waals surface area contributed by atoms with Crippen molar-refractivity contribution in [1.82, 2.24) is 10.6 Å². The van der Waals surface area contributed by atoms with Gasteiger partial charge >= 0.3 is 6.03 Å². The molecule has 0 saturated carbocycles. The fourth-order valence-electron chi connectivity index (χ4n) is 3.30. The third kappa shape index (κ3) is 5.22. The van der Waals surface area contributed by atoms with Crippen molar-refractivity contribution < 1.29 is 22.7 Å². The molecule has 1 aliphatic heterocycles. The number of fused-ring (bicyclic) bond motifs is 1. The molecule has 2 aromatic carbocycles. The lowest BCUT2D eigenvalue weighted by atomic mass is 9.95. The molecule has 0 aromatic heterocycles. The van der Waals surface area contributed by atoms with Crippen molar-refractivity contribution in [3.8, 4) is 11.5 Å². The molecule has 0 bridgehead atoms. The molecule has 0 unspecified atom stereocenters. The summed E-state index contributed by atoms with van der Waals surface area (Å²) in [5, 5.41) is 11.0. The molecule has 0 spiro atoms. The summed E-state index contributed by atoms with van der Waals surface area (Å²) in [6.07, 6.45) is 0. The SMILES string of the molecule is CC(C)[C@H](NC(=O)N[C@H](C)c1ccc(S(N)(=O)=O)cc1)c1ccc2c(c1)OCCO2. The first kappa shape index (κ1) is 21.9. The Balaban J connectivity index is 1.68. The molecule has 0 fully saturated rings. The van der Waals surface area contributed by atoms with Crippen molar-refractivity contribution in [3.05, 3.63) is 53.6 Å². The lowest BCUT2D eigenvalue weighted by molar-refractivity contribution is 0.171. The van der Waals surface area contributed by atoms with Crippen LogP contribution in [0, 0.1) is 5.92 Å². The van der Waals surface area contributed by atoms with E-state index in [1.807, 2.05) is 39.0 Å². The highest BCUT2D eigenvalue weighted by atomic mass is 32.2. The number of hydrogen-bond donors (Lipinski definition) is 3. The zero-order chi connectivity index (χ0) is 21.9. The van der Waals surface area contributed by atoms with Crippen LogP contribution in [-0.4, -0.2) is 27.7 Å². The number of carbonyl (C=O) groups is 1. The predicted molar refractivity (Wildman–Crippen MR) is 113 cm³/mol. The summed E-state index contributed by atoms with van der Waals surface area (Å²) in [6, 6.07) is 10.9. The number of hydrogen-bond acceptors (Lipinski definition) is 5. The van der Waals surface area contributed by atoms with E-state index in [9.17, 15) is 13.2 Å². The van der Waals surface area contributed by atoms with Crippen LogP contribution >= 0.6 is 0 Å². The molecule has 0 aliphatic carbocycles. The van der Waals surface area contributed by atoms with Crippen molar-refractivity contribution in [2.45, 2.75) is 37.8 Å². The highest BCUT2D eigenvalue weighted by Gasteiger charge is 2.22. The van der Waals surface area contributed by atoms with Gasteiger partial charge in [0.15, 0.2) is 11.5 Å². The van der Waals surface area contributed by atoms with Gasteiger partial charge in [0.2, 0.25) is 10.0 Å². The minimum absolute atomic E-state index is 0.0291. The van der Waals surface area contributed by atoms with Gasteiger partial charge in [0, 0.05) is 0 Å². The Bertz CT molecular complexity index is 1010. The van der Waals surface area contributed by atoms with Gasteiger partial charge in [-0.25, -0.2) is 18.4 Å². The molecule has 1 aliphatic rings. The van der Waals surface area contributed by atoms with E-state index in [2.05, 4.69) is 10.6 Å². The third-order valence-electron chi connectivity index (χ3n) is 4.93. The minimum Gasteiger partial charge on any atom is -0.486 e. The average Bonchev–Trinajstić information content (AvgIpc) is 2.71. The molecule has 2 atom stereocenters. The number of rotatable bonds is 6. The van der Waals surface area contributed by atoms with Crippen molar-refractivity contribution in [1.29, 1.82) is 0 Å². The number of sulfonamides is 1. The summed E-state index contributed by atoms with van der Waals surface area (Å²) in [5.74, 6) is 1.52. The van der Waals surface area contributed by atoms with Crippen LogP contribution in [0.5, 0.6) is 11.5 Å². The van der Waals surface area contributed by atoms with Gasteiger partial charge in [-0.15, -0.1) is 0 Å². The van der Waals surface area contributed by atoms with Crippen LogP contribution < -0.4 is 25.2 Å². The van der Waals surface area contributed by atoms with E-state index in [1.165, 1.54) is 12.1 Å². The first-order valence-electron chi connectivity index (χ1n) is 9.74. The number of primary sulfonamides is 1. The molecule has 0 radical (unpaired) electrons. The maximum absolute atomic E-state index is 12.6. The van der Waals surface area contributed by atoms with Gasteiger partial charge in [-0.1, -0.05) is 32.0 Å².